The molecule has 14 aromatic rings. The number of hydrogen-bond acceptors (Lipinski definition) is 0. The van der Waals surface area contributed by atoms with Crippen molar-refractivity contribution in [3.8, 4) is 50.2 Å². The fraction of sp³-hybridized carbons (Fsp3) is 0.0141. The molecule has 0 spiro atoms. The van der Waals surface area contributed by atoms with Crippen molar-refractivity contribution in [3.05, 3.63) is 295 Å². The van der Waals surface area contributed by atoms with E-state index in [4.69, 9.17) is 0 Å². The highest BCUT2D eigenvalue weighted by Gasteiger charge is 2.46. The summed E-state index contributed by atoms with van der Waals surface area (Å²) in [5.74, 6) is 0. The van der Waals surface area contributed by atoms with Gasteiger partial charge in [-0.3, -0.25) is 0 Å². The highest BCUT2D eigenvalue weighted by atomic mass is 15.0. The summed E-state index contributed by atoms with van der Waals surface area (Å²) in [5, 5.41) is 12.6. The molecule has 0 unspecified atom stereocenters. The van der Waals surface area contributed by atoms with Crippen LogP contribution in [0.1, 0.15) is 22.3 Å². The fourth-order valence-corrected chi connectivity index (χ4v) is 12.9. The van der Waals surface area contributed by atoms with E-state index < -0.39 is 5.41 Å². The van der Waals surface area contributed by atoms with E-state index >= 15 is 0 Å². The zero-order chi connectivity index (χ0) is 47.3. The van der Waals surface area contributed by atoms with Gasteiger partial charge in [0, 0.05) is 16.5 Å². The van der Waals surface area contributed by atoms with Crippen molar-refractivity contribution in [1.29, 1.82) is 0 Å². The van der Waals surface area contributed by atoms with Gasteiger partial charge >= 0.3 is 0 Å². The van der Waals surface area contributed by atoms with Crippen molar-refractivity contribution in [2.75, 3.05) is 0 Å². The Balaban J connectivity index is 0.928. The molecular formula is C71H45N. The third kappa shape index (κ3) is 5.77. The van der Waals surface area contributed by atoms with E-state index in [1.165, 1.54) is 132 Å². The predicted molar refractivity (Wildman–Crippen MR) is 304 cm³/mol. The molecule has 1 aromatic heterocycles. The number of hydrogen-bond donors (Lipinski definition) is 0. The van der Waals surface area contributed by atoms with Crippen LogP contribution in [-0.2, 0) is 5.41 Å². The van der Waals surface area contributed by atoms with Crippen LogP contribution in [0.3, 0.4) is 0 Å². The minimum atomic E-state index is -0.486. The van der Waals surface area contributed by atoms with E-state index in [9.17, 15) is 0 Å². The largest absolute Gasteiger partial charge is 0.309 e. The second kappa shape index (κ2) is 15.9. The van der Waals surface area contributed by atoms with Gasteiger partial charge in [-0.05, 0) is 140 Å². The second-order valence-corrected chi connectivity index (χ2v) is 19.4. The molecule has 0 fully saturated rings. The zero-order valence-corrected chi connectivity index (χ0v) is 39.4. The van der Waals surface area contributed by atoms with Crippen LogP contribution in [0.15, 0.2) is 273 Å². The van der Waals surface area contributed by atoms with Gasteiger partial charge in [0.25, 0.3) is 0 Å². The summed E-state index contributed by atoms with van der Waals surface area (Å²) < 4.78 is 2.46. The van der Waals surface area contributed by atoms with Gasteiger partial charge < -0.3 is 4.57 Å². The molecule has 0 amide bonds. The summed E-state index contributed by atoms with van der Waals surface area (Å²) in [6.07, 6.45) is 0. The molecular weight excluding hydrogens is 867 g/mol. The van der Waals surface area contributed by atoms with Crippen LogP contribution in [0.5, 0.6) is 0 Å². The molecule has 1 aliphatic rings. The van der Waals surface area contributed by atoms with Crippen LogP contribution in [0.2, 0.25) is 0 Å². The van der Waals surface area contributed by atoms with Crippen LogP contribution < -0.4 is 0 Å². The summed E-state index contributed by atoms with van der Waals surface area (Å²) in [5.41, 5.74) is 18.2. The Labute approximate surface area is 418 Å². The lowest BCUT2D eigenvalue weighted by Crippen LogP contribution is -2.28. The lowest BCUT2D eigenvalue weighted by atomic mass is 9.67. The first-order valence-corrected chi connectivity index (χ1v) is 25.1. The first-order valence-electron chi connectivity index (χ1n) is 25.1. The first kappa shape index (κ1) is 40.6. The Morgan fingerprint density at radius 1 is 0.264 bits per heavy atom. The number of fused-ring (bicyclic) bond motifs is 12. The summed E-state index contributed by atoms with van der Waals surface area (Å²) in [6, 6.07) is 102. The van der Waals surface area contributed by atoms with E-state index in [0.717, 1.165) is 5.69 Å². The molecule has 1 heterocycles. The molecule has 0 radical (unpaired) electrons. The molecule has 1 nitrogen and oxygen atoms in total. The smallest absolute Gasteiger partial charge is 0.0713 e. The van der Waals surface area contributed by atoms with Crippen molar-refractivity contribution in [3.63, 3.8) is 0 Å². The third-order valence-electron chi connectivity index (χ3n) is 15.8. The Hall–Kier alpha value is -9.30. The lowest BCUT2D eigenvalue weighted by molar-refractivity contribution is 0.769. The Morgan fingerprint density at radius 2 is 0.736 bits per heavy atom. The molecule has 0 aliphatic heterocycles. The quantitative estimate of drug-likeness (QED) is 0.147. The van der Waals surface area contributed by atoms with Gasteiger partial charge in [-0.1, -0.05) is 243 Å². The first-order chi connectivity index (χ1) is 35.8. The number of nitrogens with zero attached hydrogens (tertiary/aromatic N) is 1. The van der Waals surface area contributed by atoms with Crippen molar-refractivity contribution >= 4 is 64.9 Å². The van der Waals surface area contributed by atoms with E-state index in [0.29, 0.717) is 0 Å². The normalized spacial score (nSPS) is 12.8. The third-order valence-corrected chi connectivity index (χ3v) is 15.8. The highest BCUT2D eigenvalue weighted by molar-refractivity contribution is 6.30. The van der Waals surface area contributed by atoms with Gasteiger partial charge in [0.1, 0.15) is 0 Å². The molecule has 72 heavy (non-hydrogen) atoms. The molecule has 0 saturated heterocycles. The predicted octanol–water partition coefficient (Wildman–Crippen LogP) is 18.8. The lowest BCUT2D eigenvalue weighted by Gasteiger charge is -2.34. The average Bonchev–Trinajstić information content (AvgIpc) is 3.96. The summed E-state index contributed by atoms with van der Waals surface area (Å²) >= 11 is 0. The van der Waals surface area contributed by atoms with Crippen LogP contribution in [0.4, 0.5) is 0 Å². The standard InChI is InChI=1S/C71H45N/c1-4-21-50(22-5-1)71(51-23-6-2-7-24-51)63-35-19-18-29-55(63)56-42-40-49(44-64(56)71)68-60-33-16-14-31-58(60)67(59-32-15-17-34-61(59)68)48-38-36-47(37-39-48)62-45-66-70(57-30-13-12-28-54(57)62)69-53-27-11-10-20-46(53)41-43-65(69)72(66)52-25-8-3-9-26-52/h1-45H. The Kier molecular flexibility index (Phi) is 8.94. The van der Waals surface area contributed by atoms with Gasteiger partial charge in [-0.2, -0.15) is 0 Å². The number of para-hydroxylation sites is 1. The zero-order valence-electron chi connectivity index (χ0n) is 39.4. The second-order valence-electron chi connectivity index (χ2n) is 19.4. The Bertz CT molecular complexity index is 4370. The maximum atomic E-state index is 2.51. The minimum Gasteiger partial charge on any atom is -0.309 e. The molecule has 15 rings (SSSR count). The van der Waals surface area contributed by atoms with Crippen molar-refractivity contribution in [2.24, 2.45) is 0 Å². The molecule has 0 N–H and O–H groups in total. The van der Waals surface area contributed by atoms with Gasteiger partial charge in [0.2, 0.25) is 0 Å². The molecule has 13 aromatic carbocycles. The number of rotatable bonds is 6. The van der Waals surface area contributed by atoms with Gasteiger partial charge in [0.05, 0.1) is 16.4 Å². The number of benzene rings is 13. The maximum absolute atomic E-state index is 2.51. The van der Waals surface area contributed by atoms with Gasteiger partial charge in [0.15, 0.2) is 0 Å². The maximum Gasteiger partial charge on any atom is 0.0713 e. The van der Waals surface area contributed by atoms with Crippen molar-refractivity contribution in [2.45, 2.75) is 5.41 Å². The van der Waals surface area contributed by atoms with Crippen molar-refractivity contribution < 1.29 is 0 Å². The summed E-state index contributed by atoms with van der Waals surface area (Å²) in [6.45, 7) is 0. The SMILES string of the molecule is c1ccc(-n2c3ccc4ccccc4c3c3c4ccccc4c(-c4ccc(-c5c6ccccc6c(-c6ccc7c(c6)C(c6ccccc6)(c6ccccc6)c6ccccc6-7)c6ccccc56)cc4)cc32)cc1. The van der Waals surface area contributed by atoms with E-state index in [-0.39, 0.29) is 0 Å². The van der Waals surface area contributed by atoms with E-state index in [1.54, 1.807) is 0 Å². The van der Waals surface area contributed by atoms with Crippen LogP contribution >= 0.6 is 0 Å². The van der Waals surface area contributed by atoms with E-state index in [1.807, 2.05) is 0 Å². The monoisotopic (exact) mass is 911 g/mol. The van der Waals surface area contributed by atoms with Gasteiger partial charge in [-0.25, -0.2) is 0 Å². The summed E-state index contributed by atoms with van der Waals surface area (Å²) in [4.78, 5) is 0. The fourth-order valence-electron chi connectivity index (χ4n) is 12.9. The molecule has 0 saturated carbocycles. The van der Waals surface area contributed by atoms with Crippen LogP contribution in [-0.4, -0.2) is 4.57 Å². The molecule has 1 heteroatoms. The molecule has 334 valence electrons. The van der Waals surface area contributed by atoms with Gasteiger partial charge in [-0.15, -0.1) is 0 Å². The number of aromatic nitrogens is 1. The topological polar surface area (TPSA) is 4.93 Å². The minimum absolute atomic E-state index is 0.486. The van der Waals surface area contributed by atoms with E-state index in [2.05, 4.69) is 278 Å². The van der Waals surface area contributed by atoms with Crippen molar-refractivity contribution in [1.82, 2.24) is 4.57 Å². The van der Waals surface area contributed by atoms with Crippen LogP contribution in [0, 0.1) is 0 Å². The molecule has 1 aliphatic carbocycles. The molecule has 0 bridgehead atoms. The van der Waals surface area contributed by atoms with Crippen LogP contribution in [0.25, 0.3) is 115 Å². The Morgan fingerprint density at radius 3 is 1.39 bits per heavy atom. The average molecular weight is 912 g/mol. The summed E-state index contributed by atoms with van der Waals surface area (Å²) in [7, 11) is 0. The highest BCUT2D eigenvalue weighted by Crippen LogP contribution is 2.57. The molecule has 0 atom stereocenters.